The fraction of sp³-hybridized carbons (Fsp3) is 0.417. The molecule has 1 aromatic rings. The topological polar surface area (TPSA) is 67.6 Å². The summed E-state index contributed by atoms with van der Waals surface area (Å²) in [6.45, 7) is 1.53. The van der Waals surface area contributed by atoms with E-state index >= 15 is 0 Å². The third-order valence-electron chi connectivity index (χ3n) is 2.85. The van der Waals surface area contributed by atoms with Crippen molar-refractivity contribution in [1.29, 1.82) is 0 Å². The molecule has 5 heteroatoms. The van der Waals surface area contributed by atoms with Crippen molar-refractivity contribution in [3.63, 3.8) is 0 Å². The van der Waals surface area contributed by atoms with E-state index in [2.05, 4.69) is 5.32 Å². The number of methoxy groups -OCH3 is 1. The van der Waals surface area contributed by atoms with Gasteiger partial charge in [-0.2, -0.15) is 0 Å². The SMILES string of the molecule is COc1cccc2c1NCCCN2C(=O)CN. The highest BCUT2D eigenvalue weighted by Gasteiger charge is 2.21. The van der Waals surface area contributed by atoms with Crippen LogP contribution in [-0.4, -0.2) is 32.7 Å². The molecule has 0 unspecified atom stereocenters. The first-order valence-corrected chi connectivity index (χ1v) is 5.69. The summed E-state index contributed by atoms with van der Waals surface area (Å²) >= 11 is 0. The predicted octanol–water partition coefficient (Wildman–Crippen LogP) is 0.802. The molecule has 0 atom stereocenters. The lowest BCUT2D eigenvalue weighted by molar-refractivity contribution is -0.117. The van der Waals surface area contributed by atoms with Crippen molar-refractivity contribution in [2.45, 2.75) is 6.42 Å². The van der Waals surface area contributed by atoms with Crippen LogP contribution >= 0.6 is 0 Å². The number of carbonyl (C=O) groups is 1. The van der Waals surface area contributed by atoms with Gasteiger partial charge in [-0.25, -0.2) is 0 Å². The molecule has 1 aliphatic rings. The molecule has 1 aromatic carbocycles. The molecule has 92 valence electrons. The molecule has 0 saturated heterocycles. The molecule has 1 amide bonds. The molecule has 1 aliphatic heterocycles. The third kappa shape index (κ3) is 2.19. The molecular formula is C12H17N3O2. The number of hydrogen-bond donors (Lipinski definition) is 2. The maximum absolute atomic E-state index is 11.8. The second-order valence-corrected chi connectivity index (χ2v) is 3.88. The average molecular weight is 235 g/mol. The van der Waals surface area contributed by atoms with Gasteiger partial charge in [0.15, 0.2) is 0 Å². The zero-order valence-electron chi connectivity index (χ0n) is 9.90. The first kappa shape index (κ1) is 11.7. The van der Waals surface area contributed by atoms with Gasteiger partial charge < -0.3 is 20.7 Å². The van der Waals surface area contributed by atoms with Crippen LogP contribution < -0.4 is 20.7 Å². The second kappa shape index (κ2) is 5.05. The van der Waals surface area contributed by atoms with Crippen molar-refractivity contribution < 1.29 is 9.53 Å². The normalized spacial score (nSPS) is 14.6. The minimum atomic E-state index is -0.0665. The van der Waals surface area contributed by atoms with Gasteiger partial charge in [-0.1, -0.05) is 6.07 Å². The number of nitrogens with zero attached hydrogens (tertiary/aromatic N) is 1. The predicted molar refractivity (Wildman–Crippen MR) is 67.5 cm³/mol. The van der Waals surface area contributed by atoms with Crippen LogP contribution in [0.5, 0.6) is 5.75 Å². The summed E-state index contributed by atoms with van der Waals surface area (Å²) in [5.41, 5.74) is 7.15. The molecule has 0 radical (unpaired) electrons. The first-order valence-electron chi connectivity index (χ1n) is 5.69. The average Bonchev–Trinajstić information content (AvgIpc) is 2.59. The lowest BCUT2D eigenvalue weighted by atomic mass is 10.2. The summed E-state index contributed by atoms with van der Waals surface area (Å²) in [6, 6.07) is 5.66. The van der Waals surface area contributed by atoms with E-state index in [0.717, 1.165) is 30.1 Å². The van der Waals surface area contributed by atoms with Crippen molar-refractivity contribution in [2.24, 2.45) is 5.73 Å². The van der Waals surface area contributed by atoms with Crippen LogP contribution in [0.15, 0.2) is 18.2 Å². The Morgan fingerprint density at radius 1 is 1.59 bits per heavy atom. The summed E-state index contributed by atoms with van der Waals surface area (Å²) < 4.78 is 5.30. The summed E-state index contributed by atoms with van der Waals surface area (Å²) in [5.74, 6) is 0.683. The molecule has 1 heterocycles. The number of rotatable bonds is 2. The number of para-hydroxylation sites is 1. The molecule has 0 aliphatic carbocycles. The van der Waals surface area contributed by atoms with Gasteiger partial charge in [-0.3, -0.25) is 4.79 Å². The lowest BCUT2D eigenvalue weighted by Crippen LogP contribution is -2.36. The van der Waals surface area contributed by atoms with Crippen molar-refractivity contribution in [3.8, 4) is 5.75 Å². The number of amides is 1. The maximum atomic E-state index is 11.8. The van der Waals surface area contributed by atoms with Gasteiger partial charge in [-0.05, 0) is 18.6 Å². The van der Waals surface area contributed by atoms with E-state index in [1.165, 1.54) is 0 Å². The van der Waals surface area contributed by atoms with E-state index < -0.39 is 0 Å². The highest BCUT2D eigenvalue weighted by molar-refractivity contribution is 5.99. The minimum absolute atomic E-state index is 0.0245. The summed E-state index contributed by atoms with van der Waals surface area (Å²) in [7, 11) is 1.62. The highest BCUT2D eigenvalue weighted by Crippen LogP contribution is 2.36. The Bertz CT molecular complexity index is 420. The van der Waals surface area contributed by atoms with E-state index in [-0.39, 0.29) is 12.5 Å². The van der Waals surface area contributed by atoms with E-state index in [4.69, 9.17) is 10.5 Å². The van der Waals surface area contributed by atoms with Gasteiger partial charge in [0, 0.05) is 13.1 Å². The third-order valence-corrected chi connectivity index (χ3v) is 2.85. The quantitative estimate of drug-likeness (QED) is 0.795. The van der Waals surface area contributed by atoms with Crippen LogP contribution in [0.2, 0.25) is 0 Å². The fourth-order valence-corrected chi connectivity index (χ4v) is 2.03. The molecule has 17 heavy (non-hydrogen) atoms. The van der Waals surface area contributed by atoms with E-state index in [9.17, 15) is 4.79 Å². The number of hydrogen-bond acceptors (Lipinski definition) is 4. The monoisotopic (exact) mass is 235 g/mol. The van der Waals surface area contributed by atoms with Gasteiger partial charge in [0.1, 0.15) is 11.4 Å². The Morgan fingerprint density at radius 2 is 2.41 bits per heavy atom. The Hall–Kier alpha value is -1.75. The lowest BCUT2D eigenvalue weighted by Gasteiger charge is -2.22. The van der Waals surface area contributed by atoms with Gasteiger partial charge in [-0.15, -0.1) is 0 Å². The fourth-order valence-electron chi connectivity index (χ4n) is 2.03. The van der Waals surface area contributed by atoms with Crippen LogP contribution in [0.3, 0.4) is 0 Å². The van der Waals surface area contributed by atoms with Crippen LogP contribution in [0.4, 0.5) is 11.4 Å². The molecule has 0 fully saturated rings. The Kier molecular flexibility index (Phi) is 3.49. The van der Waals surface area contributed by atoms with Crippen LogP contribution in [0.1, 0.15) is 6.42 Å². The van der Waals surface area contributed by atoms with Crippen molar-refractivity contribution in [1.82, 2.24) is 0 Å². The first-order chi connectivity index (χ1) is 8.27. The zero-order chi connectivity index (χ0) is 12.3. The van der Waals surface area contributed by atoms with Gasteiger partial charge >= 0.3 is 0 Å². The van der Waals surface area contributed by atoms with Crippen molar-refractivity contribution in [2.75, 3.05) is 37.0 Å². The van der Waals surface area contributed by atoms with E-state index in [1.807, 2.05) is 18.2 Å². The van der Waals surface area contributed by atoms with Crippen LogP contribution in [0.25, 0.3) is 0 Å². The molecule has 0 bridgehead atoms. The van der Waals surface area contributed by atoms with Gasteiger partial charge in [0.05, 0.1) is 19.3 Å². The highest BCUT2D eigenvalue weighted by atomic mass is 16.5. The Morgan fingerprint density at radius 3 is 3.12 bits per heavy atom. The smallest absolute Gasteiger partial charge is 0.240 e. The van der Waals surface area contributed by atoms with E-state index in [1.54, 1.807) is 12.0 Å². The Balaban J connectivity index is 2.45. The van der Waals surface area contributed by atoms with Crippen LogP contribution in [0, 0.1) is 0 Å². The largest absolute Gasteiger partial charge is 0.495 e. The number of nitrogens with two attached hydrogens (primary N) is 1. The maximum Gasteiger partial charge on any atom is 0.240 e. The van der Waals surface area contributed by atoms with Crippen LogP contribution in [-0.2, 0) is 4.79 Å². The number of anilines is 2. The molecule has 2 rings (SSSR count). The van der Waals surface area contributed by atoms with Crippen molar-refractivity contribution >= 4 is 17.3 Å². The molecule has 0 saturated carbocycles. The Labute approximate surface area is 101 Å². The standard InChI is InChI=1S/C12H17N3O2/c1-17-10-5-2-4-9-12(10)14-6-3-7-15(9)11(16)8-13/h2,4-5,14H,3,6-8,13H2,1H3. The van der Waals surface area contributed by atoms with E-state index in [0.29, 0.717) is 6.54 Å². The molecule has 3 N–H and O–H groups in total. The molecule has 5 nitrogen and oxygen atoms in total. The molecule has 0 aromatic heterocycles. The number of carbonyl (C=O) groups excluding carboxylic acids is 1. The van der Waals surface area contributed by atoms with Gasteiger partial charge in [0.2, 0.25) is 5.91 Å². The molecular weight excluding hydrogens is 218 g/mol. The van der Waals surface area contributed by atoms with Gasteiger partial charge in [0.25, 0.3) is 0 Å². The summed E-state index contributed by atoms with van der Waals surface area (Å²) in [5, 5.41) is 3.29. The molecule has 0 spiro atoms. The van der Waals surface area contributed by atoms with Crippen molar-refractivity contribution in [3.05, 3.63) is 18.2 Å². The zero-order valence-corrected chi connectivity index (χ0v) is 9.90. The number of fused-ring (bicyclic) bond motifs is 1. The summed E-state index contributed by atoms with van der Waals surface area (Å²) in [4.78, 5) is 13.5. The summed E-state index contributed by atoms with van der Waals surface area (Å²) in [6.07, 6.45) is 0.892. The number of nitrogens with one attached hydrogen (secondary N) is 1. The second-order valence-electron chi connectivity index (χ2n) is 3.88. The minimum Gasteiger partial charge on any atom is -0.495 e. The number of benzene rings is 1. The number of ether oxygens (including phenoxy) is 1.